The van der Waals surface area contributed by atoms with E-state index in [2.05, 4.69) is 0 Å². The van der Waals surface area contributed by atoms with Crippen molar-refractivity contribution in [2.24, 2.45) is 0 Å². The number of carbonyl (C=O) groups is 1. The molecule has 3 rings (SSSR count). The summed E-state index contributed by atoms with van der Waals surface area (Å²) in [6.07, 6.45) is 6.93. The molecule has 0 aromatic heterocycles. The molecule has 0 aliphatic heterocycles. The van der Waals surface area contributed by atoms with Crippen molar-refractivity contribution in [3.8, 4) is 34.5 Å². The van der Waals surface area contributed by atoms with E-state index in [-0.39, 0.29) is 11.5 Å². The molecule has 0 atom stereocenters. The third kappa shape index (κ3) is 5.76. The quantitative estimate of drug-likeness (QED) is 0.235. The van der Waals surface area contributed by atoms with Crippen LogP contribution in [0.25, 0.3) is 18.2 Å². The van der Waals surface area contributed by atoms with Gasteiger partial charge in [0.1, 0.15) is 0 Å². The van der Waals surface area contributed by atoms with E-state index in [9.17, 15) is 9.90 Å². The number of methoxy groups -OCH3 is 5. The van der Waals surface area contributed by atoms with Gasteiger partial charge in [-0.2, -0.15) is 0 Å². The molecule has 3 aromatic rings. The average molecular weight is 477 g/mol. The molecule has 0 aliphatic rings. The van der Waals surface area contributed by atoms with Gasteiger partial charge in [0.05, 0.1) is 35.5 Å². The zero-order valence-corrected chi connectivity index (χ0v) is 20.3. The second-order valence-electron chi connectivity index (χ2n) is 7.35. The van der Waals surface area contributed by atoms with Gasteiger partial charge in [-0.05, 0) is 47.5 Å². The van der Waals surface area contributed by atoms with Gasteiger partial charge in [0.15, 0.2) is 28.8 Å². The summed E-state index contributed by atoms with van der Waals surface area (Å²) >= 11 is 0. The van der Waals surface area contributed by atoms with E-state index in [1.54, 1.807) is 49.6 Å². The van der Waals surface area contributed by atoms with Crippen LogP contribution in [0, 0.1) is 0 Å². The van der Waals surface area contributed by atoms with Crippen LogP contribution in [0.1, 0.15) is 27.0 Å². The zero-order valence-electron chi connectivity index (χ0n) is 20.3. The Balaban J connectivity index is 1.76. The lowest BCUT2D eigenvalue weighted by Crippen LogP contribution is -1.97. The van der Waals surface area contributed by atoms with E-state index in [0.29, 0.717) is 39.9 Å². The van der Waals surface area contributed by atoms with Gasteiger partial charge in [-0.15, -0.1) is 0 Å². The van der Waals surface area contributed by atoms with Crippen LogP contribution in [0.3, 0.4) is 0 Å². The van der Waals surface area contributed by atoms with Crippen LogP contribution in [0.4, 0.5) is 0 Å². The van der Waals surface area contributed by atoms with Crippen LogP contribution in [0.15, 0.2) is 54.6 Å². The number of phenols is 1. The number of hydrogen-bond donors (Lipinski definition) is 1. The number of ether oxygens (including phenoxy) is 5. The summed E-state index contributed by atoms with van der Waals surface area (Å²) in [5.41, 5.74) is 2.94. The van der Waals surface area contributed by atoms with E-state index in [1.807, 2.05) is 24.3 Å². The molecule has 7 nitrogen and oxygen atoms in total. The fourth-order valence-electron chi connectivity index (χ4n) is 3.48. The Kier molecular flexibility index (Phi) is 8.40. The Labute approximate surface area is 204 Å². The molecule has 0 bridgehead atoms. The molecule has 182 valence electrons. The van der Waals surface area contributed by atoms with E-state index in [4.69, 9.17) is 23.7 Å². The second-order valence-corrected chi connectivity index (χ2v) is 7.35. The molecule has 35 heavy (non-hydrogen) atoms. The van der Waals surface area contributed by atoms with Gasteiger partial charge in [-0.3, -0.25) is 4.79 Å². The number of benzene rings is 3. The number of aromatic hydroxyl groups is 1. The van der Waals surface area contributed by atoms with Crippen molar-refractivity contribution in [3.63, 3.8) is 0 Å². The lowest BCUT2D eigenvalue weighted by molar-refractivity contribution is 0.104. The number of hydrogen-bond acceptors (Lipinski definition) is 7. The number of carbonyl (C=O) groups excluding carboxylic acids is 1. The van der Waals surface area contributed by atoms with E-state index in [1.165, 1.54) is 34.5 Å². The van der Waals surface area contributed by atoms with Gasteiger partial charge in [0, 0.05) is 11.1 Å². The van der Waals surface area contributed by atoms with Crippen LogP contribution in [-0.4, -0.2) is 46.4 Å². The number of ketones is 1. The van der Waals surface area contributed by atoms with Gasteiger partial charge >= 0.3 is 0 Å². The van der Waals surface area contributed by atoms with Gasteiger partial charge in [0.2, 0.25) is 11.5 Å². The van der Waals surface area contributed by atoms with Crippen LogP contribution in [0.5, 0.6) is 34.5 Å². The monoisotopic (exact) mass is 476 g/mol. The molecule has 0 aliphatic carbocycles. The first-order valence-corrected chi connectivity index (χ1v) is 10.7. The average Bonchev–Trinajstić information content (AvgIpc) is 2.90. The largest absolute Gasteiger partial charge is 0.502 e. The number of phenolic OH excluding ortho intramolecular Hbond substituents is 1. The fourth-order valence-corrected chi connectivity index (χ4v) is 3.48. The van der Waals surface area contributed by atoms with Crippen LogP contribution in [-0.2, 0) is 0 Å². The summed E-state index contributed by atoms with van der Waals surface area (Å²) in [6.45, 7) is 0. The van der Waals surface area contributed by atoms with Crippen molar-refractivity contribution in [1.82, 2.24) is 0 Å². The summed E-state index contributed by atoms with van der Waals surface area (Å²) in [7, 11) is 7.57. The predicted octanol–water partition coefficient (Wildman–Crippen LogP) is 5.50. The number of rotatable bonds is 10. The highest BCUT2D eigenvalue weighted by Gasteiger charge is 2.14. The molecule has 7 heteroatoms. The van der Waals surface area contributed by atoms with E-state index >= 15 is 0 Å². The maximum Gasteiger partial charge on any atom is 0.203 e. The molecular formula is C28H28O7. The van der Waals surface area contributed by atoms with Crippen LogP contribution >= 0.6 is 0 Å². The summed E-state index contributed by atoms with van der Waals surface area (Å²) < 4.78 is 26.5. The highest BCUT2D eigenvalue weighted by Crippen LogP contribution is 2.40. The Morgan fingerprint density at radius 2 is 1.23 bits per heavy atom. The molecular weight excluding hydrogens is 448 g/mol. The summed E-state index contributed by atoms with van der Waals surface area (Å²) in [5, 5.41) is 10.0. The van der Waals surface area contributed by atoms with Gasteiger partial charge < -0.3 is 28.8 Å². The minimum absolute atomic E-state index is 0.0474. The first-order valence-electron chi connectivity index (χ1n) is 10.7. The van der Waals surface area contributed by atoms with Crippen LogP contribution in [0.2, 0.25) is 0 Å². The Hall–Kier alpha value is -4.39. The smallest absolute Gasteiger partial charge is 0.203 e. The Morgan fingerprint density at radius 1 is 0.657 bits per heavy atom. The maximum atomic E-state index is 12.7. The van der Waals surface area contributed by atoms with Crippen molar-refractivity contribution in [2.75, 3.05) is 35.5 Å². The molecule has 0 spiro atoms. The second kappa shape index (κ2) is 11.7. The van der Waals surface area contributed by atoms with E-state index < -0.39 is 0 Å². The van der Waals surface area contributed by atoms with Crippen molar-refractivity contribution in [2.45, 2.75) is 0 Å². The molecule has 3 aromatic carbocycles. The van der Waals surface area contributed by atoms with E-state index in [0.717, 1.165) is 11.1 Å². The van der Waals surface area contributed by atoms with Gasteiger partial charge in [-0.25, -0.2) is 0 Å². The summed E-state index contributed by atoms with van der Waals surface area (Å²) in [4.78, 5) is 12.7. The first kappa shape index (κ1) is 25.2. The SMILES string of the molecule is COc1cc(/C=C/c2ccc(C(=O)/C=C/c3ccc(OC)c(OC)c3OC)cc2)cc(OC)c1O. The minimum atomic E-state index is -0.148. The number of allylic oxidation sites excluding steroid dienone is 1. The van der Waals surface area contributed by atoms with Crippen molar-refractivity contribution in [3.05, 3.63) is 76.9 Å². The lowest BCUT2D eigenvalue weighted by Gasteiger charge is -2.13. The standard InChI is InChI=1S/C28H28O7/c1-31-23-15-13-21(27(34-4)28(23)35-5)12-14-22(29)20-10-8-18(9-11-20)6-7-19-16-24(32-2)26(30)25(17-19)33-3/h6-17,30H,1-5H3/b7-6+,14-12+. The summed E-state index contributed by atoms with van der Waals surface area (Å²) in [5.74, 6) is 1.94. The van der Waals surface area contributed by atoms with Crippen LogP contribution < -0.4 is 23.7 Å². The molecule has 0 radical (unpaired) electrons. The third-order valence-corrected chi connectivity index (χ3v) is 5.31. The molecule has 0 unspecified atom stereocenters. The predicted molar refractivity (Wildman–Crippen MR) is 136 cm³/mol. The zero-order chi connectivity index (χ0) is 25.4. The highest BCUT2D eigenvalue weighted by molar-refractivity contribution is 6.07. The van der Waals surface area contributed by atoms with Crippen molar-refractivity contribution in [1.29, 1.82) is 0 Å². The molecule has 0 heterocycles. The topological polar surface area (TPSA) is 83.5 Å². The molecule has 0 fully saturated rings. The third-order valence-electron chi connectivity index (χ3n) is 5.31. The van der Waals surface area contributed by atoms with Gasteiger partial charge in [0.25, 0.3) is 0 Å². The van der Waals surface area contributed by atoms with Crippen molar-refractivity contribution < 1.29 is 33.6 Å². The maximum absolute atomic E-state index is 12.7. The fraction of sp³-hybridized carbons (Fsp3) is 0.179. The lowest BCUT2D eigenvalue weighted by atomic mass is 10.1. The Bertz CT molecular complexity index is 1220. The van der Waals surface area contributed by atoms with Gasteiger partial charge in [-0.1, -0.05) is 36.4 Å². The van der Waals surface area contributed by atoms with Crippen molar-refractivity contribution >= 4 is 24.0 Å². The minimum Gasteiger partial charge on any atom is -0.502 e. The highest BCUT2D eigenvalue weighted by atomic mass is 16.5. The molecule has 0 amide bonds. The summed E-state index contributed by atoms with van der Waals surface area (Å²) in [6, 6.07) is 14.2. The molecule has 0 saturated carbocycles. The first-order chi connectivity index (χ1) is 16.9. The molecule has 1 N–H and O–H groups in total. The molecule has 0 saturated heterocycles. The Morgan fingerprint density at radius 3 is 1.77 bits per heavy atom. The normalized spacial score (nSPS) is 11.0.